The summed E-state index contributed by atoms with van der Waals surface area (Å²) in [4.78, 5) is 84.1. The molecule has 0 saturated heterocycles. The first-order valence-corrected chi connectivity index (χ1v) is 13.1. The summed E-state index contributed by atoms with van der Waals surface area (Å²) in [6.45, 7) is 4.50. The number of amides is 6. The van der Waals surface area contributed by atoms with Crippen LogP contribution in [0.2, 0.25) is 0 Å². The SMILES string of the molecule is CC(=O)N[C@@H](C=O)[C@@H](OC(C)C(=O)NC(C)C(=O)NC(CCC(=O)NC(C)C(=O)NCCN)C(N)=O)[C@H](O)[C@H](O)CO. The van der Waals surface area contributed by atoms with E-state index in [1.54, 1.807) is 0 Å². The van der Waals surface area contributed by atoms with Crippen LogP contribution in [0.4, 0.5) is 0 Å². The first-order valence-electron chi connectivity index (χ1n) is 13.1. The van der Waals surface area contributed by atoms with Gasteiger partial charge >= 0.3 is 0 Å². The highest BCUT2D eigenvalue weighted by Gasteiger charge is 2.37. The maximum Gasteiger partial charge on any atom is 0.249 e. The molecule has 0 aliphatic carbocycles. The van der Waals surface area contributed by atoms with Crippen LogP contribution >= 0.6 is 0 Å². The summed E-state index contributed by atoms with van der Waals surface area (Å²) in [7, 11) is 0. The van der Waals surface area contributed by atoms with Gasteiger partial charge in [0.05, 0.1) is 6.61 Å². The number of hydrogen-bond acceptors (Lipinski definition) is 12. The van der Waals surface area contributed by atoms with Crippen LogP contribution in [0.1, 0.15) is 40.5 Å². The van der Waals surface area contributed by atoms with Gasteiger partial charge < -0.3 is 62.9 Å². The second-order valence-electron chi connectivity index (χ2n) is 9.45. The summed E-state index contributed by atoms with van der Waals surface area (Å²) < 4.78 is 5.42. The van der Waals surface area contributed by atoms with Gasteiger partial charge in [0.2, 0.25) is 35.4 Å². The largest absolute Gasteiger partial charge is 0.394 e. The molecule has 0 rings (SSSR count). The van der Waals surface area contributed by atoms with E-state index in [-0.39, 0.29) is 32.2 Å². The predicted molar refractivity (Wildman–Crippen MR) is 145 cm³/mol. The summed E-state index contributed by atoms with van der Waals surface area (Å²) in [5, 5.41) is 41.0. The average Bonchev–Trinajstić information content (AvgIpc) is 2.93. The number of carbonyl (C=O) groups excluding carboxylic acids is 7. The van der Waals surface area contributed by atoms with Crippen LogP contribution in [0.25, 0.3) is 0 Å². The third-order valence-electron chi connectivity index (χ3n) is 5.81. The number of nitrogens with two attached hydrogens (primary N) is 2. The summed E-state index contributed by atoms with van der Waals surface area (Å²) >= 11 is 0. The van der Waals surface area contributed by atoms with Gasteiger partial charge in [-0.15, -0.1) is 0 Å². The molecule has 0 heterocycles. The van der Waals surface area contributed by atoms with Gasteiger partial charge in [-0.1, -0.05) is 0 Å². The number of aliphatic hydroxyl groups is 3. The number of aliphatic hydroxyl groups excluding tert-OH is 3. The molecule has 18 nitrogen and oxygen atoms in total. The first-order chi connectivity index (χ1) is 19.6. The lowest BCUT2D eigenvalue weighted by Crippen LogP contribution is -2.57. The zero-order valence-corrected chi connectivity index (χ0v) is 24.0. The predicted octanol–water partition coefficient (Wildman–Crippen LogP) is -5.99. The molecule has 0 spiro atoms. The highest BCUT2D eigenvalue weighted by atomic mass is 16.5. The third-order valence-corrected chi connectivity index (χ3v) is 5.81. The van der Waals surface area contributed by atoms with Crippen LogP contribution in [-0.2, 0) is 38.3 Å². The smallest absolute Gasteiger partial charge is 0.249 e. The van der Waals surface area contributed by atoms with Gasteiger partial charge in [0, 0.05) is 26.4 Å². The molecule has 12 N–H and O–H groups in total. The number of nitrogens with one attached hydrogen (secondary N) is 5. The molecular formula is C24H43N7O11. The van der Waals surface area contributed by atoms with E-state index in [4.69, 9.17) is 21.3 Å². The van der Waals surface area contributed by atoms with Crippen molar-refractivity contribution < 1.29 is 53.6 Å². The summed E-state index contributed by atoms with van der Waals surface area (Å²) in [6, 6.07) is -4.96. The molecule has 4 unspecified atom stereocenters. The molecule has 0 aromatic heterocycles. The second kappa shape index (κ2) is 19.4. The number of aldehydes is 1. The van der Waals surface area contributed by atoms with Crippen molar-refractivity contribution in [2.75, 3.05) is 19.7 Å². The maximum absolute atomic E-state index is 12.7. The number of ether oxygens (including phenoxy) is 1. The van der Waals surface area contributed by atoms with Crippen LogP contribution in [0.5, 0.6) is 0 Å². The minimum atomic E-state index is -1.90. The van der Waals surface area contributed by atoms with Gasteiger partial charge in [-0.2, -0.15) is 0 Å². The lowest BCUT2D eigenvalue weighted by Gasteiger charge is -2.32. The molecular weight excluding hydrogens is 562 g/mol. The first kappa shape index (κ1) is 38.3. The van der Waals surface area contributed by atoms with Crippen molar-refractivity contribution in [3.63, 3.8) is 0 Å². The number of rotatable bonds is 20. The Kier molecular flexibility index (Phi) is 17.7. The van der Waals surface area contributed by atoms with Crippen molar-refractivity contribution >= 4 is 41.7 Å². The second-order valence-corrected chi connectivity index (χ2v) is 9.45. The average molecular weight is 606 g/mol. The summed E-state index contributed by atoms with van der Waals surface area (Å²) in [5.74, 6) is -4.47. The van der Waals surface area contributed by atoms with Crippen LogP contribution in [0, 0.1) is 0 Å². The van der Waals surface area contributed by atoms with Gasteiger partial charge in [0.1, 0.15) is 54.9 Å². The minimum absolute atomic E-state index is 0.210. The molecule has 0 aromatic rings. The molecule has 6 amide bonds. The molecule has 0 aromatic carbocycles. The normalized spacial score (nSPS) is 16.7. The van der Waals surface area contributed by atoms with Crippen LogP contribution in [-0.4, -0.2) is 125 Å². The van der Waals surface area contributed by atoms with E-state index in [0.29, 0.717) is 0 Å². The Labute approximate surface area is 242 Å². The Morgan fingerprint density at radius 3 is 2.00 bits per heavy atom. The van der Waals surface area contributed by atoms with E-state index >= 15 is 0 Å². The highest BCUT2D eigenvalue weighted by molar-refractivity contribution is 5.92. The maximum atomic E-state index is 12.7. The fourth-order valence-electron chi connectivity index (χ4n) is 3.41. The van der Waals surface area contributed by atoms with Gasteiger partial charge in [0.15, 0.2) is 0 Å². The topological polar surface area (TPSA) is 302 Å². The zero-order chi connectivity index (χ0) is 32.6. The van der Waals surface area contributed by atoms with Crippen LogP contribution in [0.15, 0.2) is 0 Å². The zero-order valence-electron chi connectivity index (χ0n) is 24.0. The lowest BCUT2D eigenvalue weighted by atomic mass is 10.0. The molecule has 240 valence electrons. The summed E-state index contributed by atoms with van der Waals surface area (Å²) in [5.41, 5.74) is 10.6. The van der Waals surface area contributed by atoms with E-state index in [1.165, 1.54) is 20.8 Å². The minimum Gasteiger partial charge on any atom is -0.394 e. The quantitative estimate of drug-likeness (QED) is 0.0580. The molecule has 0 saturated carbocycles. The Balaban J connectivity index is 5.20. The van der Waals surface area contributed by atoms with E-state index in [9.17, 15) is 43.8 Å². The monoisotopic (exact) mass is 605 g/mol. The van der Waals surface area contributed by atoms with Gasteiger partial charge in [-0.25, -0.2) is 0 Å². The molecule has 0 radical (unpaired) electrons. The Morgan fingerprint density at radius 1 is 0.905 bits per heavy atom. The molecule has 0 fully saturated rings. The van der Waals surface area contributed by atoms with Gasteiger partial charge in [0.25, 0.3) is 0 Å². The Hall–Kier alpha value is -3.71. The van der Waals surface area contributed by atoms with Crippen LogP contribution in [0.3, 0.4) is 0 Å². The molecule has 18 heteroatoms. The number of hydrogen-bond donors (Lipinski definition) is 10. The van der Waals surface area contributed by atoms with Crippen molar-refractivity contribution in [1.82, 2.24) is 26.6 Å². The molecule has 0 aliphatic heterocycles. The standard InChI is InChI=1S/C24H43N7O11/c1-11(22(39)27-8-7-25)28-18(36)6-5-15(21(26)38)31-23(40)12(2)29-24(41)13(3)42-20(19(37)17(35)10-33)16(9-32)30-14(4)34/h9,11-13,15-17,19-20,33,35,37H,5-8,10,25H2,1-4H3,(H2,26,38)(H,27,39)(H,28,36)(H,29,41)(H,30,34)(H,31,40)/t11?,12?,13?,15?,16-,17+,19+,20+/m0/s1. The van der Waals surface area contributed by atoms with Crippen molar-refractivity contribution in [3.8, 4) is 0 Å². The van der Waals surface area contributed by atoms with Crippen molar-refractivity contribution in [1.29, 1.82) is 0 Å². The fourth-order valence-corrected chi connectivity index (χ4v) is 3.41. The fraction of sp³-hybridized carbons (Fsp3) is 0.708. The molecule has 0 aliphatic rings. The molecule has 8 atom stereocenters. The number of carbonyl (C=O) groups is 7. The molecule has 42 heavy (non-hydrogen) atoms. The Morgan fingerprint density at radius 2 is 1.50 bits per heavy atom. The third kappa shape index (κ3) is 13.8. The van der Waals surface area contributed by atoms with E-state index < -0.39 is 90.6 Å². The van der Waals surface area contributed by atoms with Crippen LogP contribution < -0.4 is 38.1 Å². The van der Waals surface area contributed by atoms with Crippen molar-refractivity contribution in [3.05, 3.63) is 0 Å². The van der Waals surface area contributed by atoms with E-state index in [0.717, 1.165) is 6.92 Å². The van der Waals surface area contributed by atoms with Gasteiger partial charge in [-0.3, -0.25) is 28.8 Å². The van der Waals surface area contributed by atoms with E-state index in [1.807, 2.05) is 0 Å². The Bertz CT molecular complexity index is 952. The highest BCUT2D eigenvalue weighted by Crippen LogP contribution is 2.12. The lowest BCUT2D eigenvalue weighted by molar-refractivity contribution is -0.157. The van der Waals surface area contributed by atoms with Crippen molar-refractivity contribution in [2.45, 2.75) is 89.1 Å². The van der Waals surface area contributed by atoms with E-state index in [2.05, 4.69) is 26.6 Å². The van der Waals surface area contributed by atoms with Gasteiger partial charge in [-0.05, 0) is 27.2 Å². The molecule has 0 bridgehead atoms. The summed E-state index contributed by atoms with van der Waals surface area (Å²) in [6.07, 6.45) is -7.08. The number of primary amides is 1. The van der Waals surface area contributed by atoms with Crippen molar-refractivity contribution in [2.24, 2.45) is 11.5 Å².